The number of likely N-dealkylation sites (N-methyl/N-ethyl adjacent to an activating group) is 1. The molecule has 26 heavy (non-hydrogen) atoms. The molecule has 1 aromatic heterocycles. The fourth-order valence-corrected chi connectivity index (χ4v) is 3.70. The fourth-order valence-electron chi connectivity index (χ4n) is 3.70. The van der Waals surface area contributed by atoms with Crippen LogP contribution in [0.1, 0.15) is 65.8 Å². The van der Waals surface area contributed by atoms with Crippen LogP contribution < -0.4 is 5.32 Å². The summed E-state index contributed by atoms with van der Waals surface area (Å²) in [7, 11) is 2.07. The summed E-state index contributed by atoms with van der Waals surface area (Å²) in [5.74, 6) is 0.276. The average molecular weight is 361 g/mol. The number of carbonyl (C=O) groups excluding carboxylic acids is 2. The topological polar surface area (TPSA) is 70.5 Å². The number of rotatable bonds is 6. The first-order valence-electron chi connectivity index (χ1n) is 9.97. The van der Waals surface area contributed by atoms with E-state index < -0.39 is 0 Å². The number of carbonyl (C=O) groups is 2. The molecule has 0 radical (unpaired) electrons. The van der Waals surface area contributed by atoms with Crippen LogP contribution in [-0.4, -0.2) is 70.9 Å². The minimum absolute atomic E-state index is 0.0358. The lowest BCUT2D eigenvalue weighted by Gasteiger charge is -2.32. The molecule has 0 bridgehead atoms. The molecule has 1 aromatic rings. The molecule has 1 fully saturated rings. The van der Waals surface area contributed by atoms with E-state index in [1.54, 1.807) is 0 Å². The molecule has 1 saturated heterocycles. The van der Waals surface area contributed by atoms with Gasteiger partial charge in [0.1, 0.15) is 5.69 Å². The number of amides is 2. The van der Waals surface area contributed by atoms with E-state index in [0.717, 1.165) is 76.9 Å². The predicted octanol–water partition coefficient (Wildman–Crippen LogP) is 1.53. The molecule has 3 rings (SSSR count). The molecule has 0 saturated carbocycles. The molecular formula is C19H31N5O2. The van der Waals surface area contributed by atoms with Crippen LogP contribution in [0.5, 0.6) is 0 Å². The van der Waals surface area contributed by atoms with Gasteiger partial charge in [-0.1, -0.05) is 19.8 Å². The van der Waals surface area contributed by atoms with Crippen molar-refractivity contribution in [3.8, 4) is 0 Å². The average Bonchev–Trinajstić information content (AvgIpc) is 3.05. The van der Waals surface area contributed by atoms with Crippen molar-refractivity contribution in [3.63, 3.8) is 0 Å². The zero-order valence-electron chi connectivity index (χ0n) is 16.1. The summed E-state index contributed by atoms with van der Waals surface area (Å²) in [6, 6.07) is 0. The highest BCUT2D eigenvalue weighted by molar-refractivity contribution is 5.97. The highest BCUT2D eigenvalue weighted by atomic mass is 16.2. The molecule has 7 nitrogen and oxygen atoms in total. The van der Waals surface area contributed by atoms with E-state index in [1.807, 2.05) is 9.47 Å². The second-order valence-corrected chi connectivity index (χ2v) is 7.40. The Morgan fingerprint density at radius 2 is 1.85 bits per heavy atom. The van der Waals surface area contributed by atoms with Crippen molar-refractivity contribution in [2.45, 2.75) is 52.0 Å². The van der Waals surface area contributed by atoms with Gasteiger partial charge in [0.2, 0.25) is 0 Å². The molecule has 2 aliphatic heterocycles. The van der Waals surface area contributed by atoms with Crippen molar-refractivity contribution in [3.05, 3.63) is 17.2 Å². The normalized spacial score (nSPS) is 17.8. The Morgan fingerprint density at radius 1 is 1.08 bits per heavy atom. The Bertz CT molecular complexity index is 647. The number of unbranched alkanes of at least 4 members (excludes halogenated alkanes) is 2. The lowest BCUT2D eigenvalue weighted by Crippen LogP contribution is -2.47. The van der Waals surface area contributed by atoms with Crippen LogP contribution in [0.2, 0.25) is 0 Å². The van der Waals surface area contributed by atoms with Crippen LogP contribution in [0, 0.1) is 0 Å². The van der Waals surface area contributed by atoms with Crippen LogP contribution in [0.4, 0.5) is 0 Å². The van der Waals surface area contributed by atoms with E-state index in [2.05, 4.69) is 29.2 Å². The standard InChI is InChI=1S/C19H31N5O2/c1-3-4-6-9-20-18(25)16-15-8-5-7-10-24(15)17(21-16)19(26)23-13-11-22(2)12-14-23/h3-14H2,1-2H3,(H,20,25). The van der Waals surface area contributed by atoms with Gasteiger partial charge in [-0.15, -0.1) is 0 Å². The monoisotopic (exact) mass is 361 g/mol. The number of piperazine rings is 1. The summed E-state index contributed by atoms with van der Waals surface area (Å²) in [4.78, 5) is 34.2. The van der Waals surface area contributed by atoms with E-state index in [0.29, 0.717) is 18.1 Å². The van der Waals surface area contributed by atoms with Crippen LogP contribution >= 0.6 is 0 Å². The van der Waals surface area contributed by atoms with Crippen LogP contribution in [0.25, 0.3) is 0 Å². The zero-order valence-corrected chi connectivity index (χ0v) is 16.1. The lowest BCUT2D eigenvalue weighted by atomic mass is 10.1. The number of hydrogen-bond donors (Lipinski definition) is 1. The van der Waals surface area contributed by atoms with Crippen molar-refractivity contribution in [1.82, 2.24) is 24.7 Å². The minimum atomic E-state index is -0.135. The maximum absolute atomic E-state index is 13.0. The lowest BCUT2D eigenvalue weighted by molar-refractivity contribution is 0.0645. The van der Waals surface area contributed by atoms with Gasteiger partial charge >= 0.3 is 0 Å². The number of aromatic nitrogens is 2. The first-order valence-corrected chi connectivity index (χ1v) is 9.97. The smallest absolute Gasteiger partial charge is 0.289 e. The van der Waals surface area contributed by atoms with Gasteiger partial charge in [-0.2, -0.15) is 0 Å². The van der Waals surface area contributed by atoms with Crippen molar-refractivity contribution in [1.29, 1.82) is 0 Å². The Hall–Kier alpha value is -1.89. The number of hydrogen-bond acceptors (Lipinski definition) is 4. The van der Waals surface area contributed by atoms with Gasteiger partial charge in [-0.05, 0) is 32.7 Å². The third-order valence-electron chi connectivity index (χ3n) is 5.38. The van der Waals surface area contributed by atoms with Gasteiger partial charge in [0.15, 0.2) is 5.82 Å². The number of fused-ring (bicyclic) bond motifs is 1. The van der Waals surface area contributed by atoms with Gasteiger partial charge in [0.05, 0.1) is 5.69 Å². The highest BCUT2D eigenvalue weighted by Gasteiger charge is 2.30. The highest BCUT2D eigenvalue weighted by Crippen LogP contribution is 2.22. The summed E-state index contributed by atoms with van der Waals surface area (Å²) in [6.07, 6.45) is 6.11. The zero-order chi connectivity index (χ0) is 18.5. The molecule has 0 aliphatic carbocycles. The van der Waals surface area contributed by atoms with Gasteiger partial charge in [-0.3, -0.25) is 9.59 Å². The maximum Gasteiger partial charge on any atom is 0.289 e. The first-order chi connectivity index (χ1) is 12.6. The molecule has 0 atom stereocenters. The van der Waals surface area contributed by atoms with Gasteiger partial charge in [0, 0.05) is 39.3 Å². The first kappa shape index (κ1) is 18.9. The van der Waals surface area contributed by atoms with Crippen molar-refractivity contribution in [2.24, 2.45) is 0 Å². The van der Waals surface area contributed by atoms with Crippen molar-refractivity contribution < 1.29 is 9.59 Å². The largest absolute Gasteiger partial charge is 0.351 e. The second kappa shape index (κ2) is 8.66. The van der Waals surface area contributed by atoms with E-state index >= 15 is 0 Å². The Kier molecular flexibility index (Phi) is 6.29. The van der Waals surface area contributed by atoms with Crippen LogP contribution in [-0.2, 0) is 13.0 Å². The summed E-state index contributed by atoms with van der Waals surface area (Å²) in [6.45, 7) is 6.78. The van der Waals surface area contributed by atoms with E-state index in [4.69, 9.17) is 0 Å². The molecular weight excluding hydrogens is 330 g/mol. The Balaban J connectivity index is 1.77. The molecule has 0 spiro atoms. The summed E-state index contributed by atoms with van der Waals surface area (Å²) >= 11 is 0. The molecule has 0 aromatic carbocycles. The molecule has 1 N–H and O–H groups in total. The van der Waals surface area contributed by atoms with Crippen molar-refractivity contribution in [2.75, 3.05) is 39.8 Å². The van der Waals surface area contributed by atoms with Crippen LogP contribution in [0.15, 0.2) is 0 Å². The predicted molar refractivity (Wildman–Crippen MR) is 100 cm³/mol. The fraction of sp³-hybridized carbons (Fsp3) is 0.737. The molecule has 0 unspecified atom stereocenters. The SMILES string of the molecule is CCCCCNC(=O)c1nc(C(=O)N2CCN(C)CC2)n2c1CCCC2. The van der Waals surface area contributed by atoms with Gasteiger partial charge in [0.25, 0.3) is 11.8 Å². The quantitative estimate of drug-likeness (QED) is 0.780. The van der Waals surface area contributed by atoms with Crippen molar-refractivity contribution >= 4 is 11.8 Å². The molecule has 144 valence electrons. The number of nitrogens with one attached hydrogen (secondary N) is 1. The third kappa shape index (κ3) is 4.09. The second-order valence-electron chi connectivity index (χ2n) is 7.40. The Labute approximate surface area is 155 Å². The Morgan fingerprint density at radius 3 is 2.58 bits per heavy atom. The van der Waals surface area contributed by atoms with Crippen LogP contribution in [0.3, 0.4) is 0 Å². The van der Waals surface area contributed by atoms with E-state index in [-0.39, 0.29) is 11.8 Å². The summed E-state index contributed by atoms with van der Waals surface area (Å²) in [5, 5.41) is 2.98. The van der Waals surface area contributed by atoms with E-state index in [9.17, 15) is 9.59 Å². The van der Waals surface area contributed by atoms with Gasteiger partial charge < -0.3 is 19.7 Å². The molecule has 2 aliphatic rings. The third-order valence-corrected chi connectivity index (χ3v) is 5.38. The number of nitrogens with zero attached hydrogens (tertiary/aromatic N) is 4. The minimum Gasteiger partial charge on any atom is -0.351 e. The molecule has 3 heterocycles. The summed E-state index contributed by atoms with van der Waals surface area (Å²) < 4.78 is 1.99. The molecule has 2 amide bonds. The maximum atomic E-state index is 13.0. The molecule has 7 heteroatoms. The van der Waals surface area contributed by atoms with E-state index in [1.165, 1.54) is 0 Å². The number of imidazole rings is 1. The van der Waals surface area contributed by atoms with Gasteiger partial charge in [-0.25, -0.2) is 4.98 Å². The summed E-state index contributed by atoms with van der Waals surface area (Å²) in [5.41, 5.74) is 1.39.